The van der Waals surface area contributed by atoms with Gasteiger partial charge in [0.15, 0.2) is 0 Å². The molecule has 0 aromatic heterocycles. The molecule has 2 saturated heterocycles. The van der Waals surface area contributed by atoms with Gasteiger partial charge in [-0.3, -0.25) is 4.79 Å². The molecule has 2 fully saturated rings. The first-order valence-corrected chi connectivity index (χ1v) is 10.0. The van der Waals surface area contributed by atoms with E-state index < -0.39 is 29.5 Å². The number of nitrogens with zero attached hydrogens (tertiary/aromatic N) is 1. The first-order chi connectivity index (χ1) is 14.0. The SMILES string of the molecule is N[C@H](C(=O)N1C(=O)OC[C@@H]1c1ccccc1)C1(c2ccc(Cl)cc2)CCOCC1. The van der Waals surface area contributed by atoms with E-state index in [1.54, 1.807) is 12.1 Å². The number of benzene rings is 2. The van der Waals surface area contributed by atoms with Crippen molar-refractivity contribution >= 4 is 23.6 Å². The molecule has 0 bridgehead atoms. The molecule has 2 heterocycles. The Morgan fingerprint density at radius 2 is 1.76 bits per heavy atom. The van der Waals surface area contributed by atoms with E-state index in [1.165, 1.54) is 4.90 Å². The number of nitrogens with two attached hydrogens (primary N) is 1. The molecule has 4 rings (SSSR count). The topological polar surface area (TPSA) is 81.9 Å². The Kier molecular flexibility index (Phi) is 5.58. The Morgan fingerprint density at radius 3 is 2.41 bits per heavy atom. The van der Waals surface area contributed by atoms with Crippen LogP contribution in [0, 0.1) is 0 Å². The summed E-state index contributed by atoms with van der Waals surface area (Å²) >= 11 is 6.06. The van der Waals surface area contributed by atoms with E-state index in [1.807, 2.05) is 42.5 Å². The molecule has 7 heteroatoms. The molecule has 2 aliphatic heterocycles. The smallest absolute Gasteiger partial charge is 0.417 e. The van der Waals surface area contributed by atoms with E-state index in [9.17, 15) is 9.59 Å². The summed E-state index contributed by atoms with van der Waals surface area (Å²) in [5, 5.41) is 0.614. The fourth-order valence-corrected chi connectivity index (χ4v) is 4.39. The molecular formula is C22H23ClN2O4. The van der Waals surface area contributed by atoms with Crippen LogP contribution < -0.4 is 5.73 Å². The Balaban J connectivity index is 1.68. The van der Waals surface area contributed by atoms with Crippen LogP contribution in [-0.4, -0.2) is 42.8 Å². The summed E-state index contributed by atoms with van der Waals surface area (Å²) in [5.74, 6) is -0.432. The molecule has 2 aromatic rings. The van der Waals surface area contributed by atoms with Gasteiger partial charge in [0, 0.05) is 23.7 Å². The number of hydrogen-bond acceptors (Lipinski definition) is 5. The van der Waals surface area contributed by atoms with Crippen molar-refractivity contribution in [2.75, 3.05) is 19.8 Å². The second-order valence-corrected chi connectivity index (χ2v) is 7.90. The van der Waals surface area contributed by atoms with Crippen molar-refractivity contribution in [3.8, 4) is 0 Å². The molecule has 2 N–H and O–H groups in total. The highest BCUT2D eigenvalue weighted by Gasteiger charge is 2.49. The Hall–Kier alpha value is -2.41. The summed E-state index contributed by atoms with van der Waals surface area (Å²) in [6.45, 7) is 1.12. The normalized spacial score (nSPS) is 22.2. The third-order valence-electron chi connectivity index (χ3n) is 5.96. The van der Waals surface area contributed by atoms with Crippen LogP contribution in [0.4, 0.5) is 4.79 Å². The fraction of sp³-hybridized carbons (Fsp3) is 0.364. The molecule has 0 radical (unpaired) electrons. The minimum atomic E-state index is -0.913. The summed E-state index contributed by atoms with van der Waals surface area (Å²) in [5.41, 5.74) is 7.72. The van der Waals surface area contributed by atoms with Gasteiger partial charge in [0.05, 0.1) is 6.04 Å². The predicted molar refractivity (Wildman–Crippen MR) is 109 cm³/mol. The predicted octanol–water partition coefficient (Wildman–Crippen LogP) is 3.44. The summed E-state index contributed by atoms with van der Waals surface area (Å²) in [6, 6.07) is 15.4. The Morgan fingerprint density at radius 1 is 1.10 bits per heavy atom. The van der Waals surface area contributed by atoms with Crippen molar-refractivity contribution in [2.24, 2.45) is 5.73 Å². The van der Waals surface area contributed by atoms with Gasteiger partial charge >= 0.3 is 6.09 Å². The third-order valence-corrected chi connectivity index (χ3v) is 6.21. The Bertz CT molecular complexity index is 881. The number of ether oxygens (including phenoxy) is 2. The van der Waals surface area contributed by atoms with Crippen LogP contribution in [0.3, 0.4) is 0 Å². The molecule has 0 aliphatic carbocycles. The van der Waals surface area contributed by atoms with Crippen LogP contribution in [0.5, 0.6) is 0 Å². The molecule has 6 nitrogen and oxygen atoms in total. The number of imide groups is 1. The van der Waals surface area contributed by atoms with Crippen LogP contribution in [0.15, 0.2) is 54.6 Å². The van der Waals surface area contributed by atoms with Gasteiger partial charge < -0.3 is 15.2 Å². The Labute approximate surface area is 174 Å². The van der Waals surface area contributed by atoms with Gasteiger partial charge in [0.25, 0.3) is 0 Å². The van der Waals surface area contributed by atoms with Gasteiger partial charge in [-0.1, -0.05) is 54.1 Å². The first-order valence-electron chi connectivity index (χ1n) is 9.67. The largest absolute Gasteiger partial charge is 0.446 e. The van der Waals surface area contributed by atoms with E-state index in [0.29, 0.717) is 31.1 Å². The standard InChI is InChI=1S/C22H23ClN2O4/c23-17-8-6-16(7-9-17)22(10-12-28-13-11-22)19(24)20(26)25-18(14-29-21(25)27)15-4-2-1-3-5-15/h1-9,18-19H,10-14,24H2/t18-,19-/m1/s1. The molecule has 0 unspecified atom stereocenters. The van der Waals surface area contributed by atoms with E-state index in [-0.39, 0.29) is 6.61 Å². The zero-order chi connectivity index (χ0) is 20.4. The lowest BCUT2D eigenvalue weighted by molar-refractivity contribution is -0.133. The number of amides is 2. The van der Waals surface area contributed by atoms with Gasteiger partial charge in [-0.05, 0) is 36.1 Å². The lowest BCUT2D eigenvalue weighted by Crippen LogP contribution is -2.58. The summed E-state index contributed by atoms with van der Waals surface area (Å²) in [6.07, 6.45) is 0.513. The molecule has 2 aromatic carbocycles. The van der Waals surface area contributed by atoms with Gasteiger partial charge in [0.2, 0.25) is 5.91 Å². The maximum Gasteiger partial charge on any atom is 0.417 e. The van der Waals surface area contributed by atoms with E-state index in [4.69, 9.17) is 26.8 Å². The summed E-state index contributed by atoms with van der Waals surface area (Å²) in [4.78, 5) is 27.1. The number of hydrogen-bond donors (Lipinski definition) is 1. The quantitative estimate of drug-likeness (QED) is 0.828. The molecule has 152 valence electrons. The average molecular weight is 415 g/mol. The number of halogens is 1. The molecule has 29 heavy (non-hydrogen) atoms. The molecule has 2 aliphatic rings. The highest BCUT2D eigenvalue weighted by atomic mass is 35.5. The van der Waals surface area contributed by atoms with Gasteiger partial charge in [0.1, 0.15) is 12.6 Å². The third kappa shape index (κ3) is 3.64. The van der Waals surface area contributed by atoms with Crippen LogP contribution in [0.2, 0.25) is 5.02 Å². The lowest BCUT2D eigenvalue weighted by Gasteiger charge is -2.42. The monoisotopic (exact) mass is 414 g/mol. The molecular weight excluding hydrogens is 392 g/mol. The first kappa shape index (κ1) is 19.9. The van der Waals surface area contributed by atoms with Crippen molar-refractivity contribution < 1.29 is 19.1 Å². The maximum atomic E-state index is 13.5. The zero-order valence-electron chi connectivity index (χ0n) is 15.9. The fourth-order valence-electron chi connectivity index (χ4n) is 4.27. The summed E-state index contributed by atoms with van der Waals surface area (Å²) < 4.78 is 10.8. The van der Waals surface area contributed by atoms with Crippen LogP contribution in [-0.2, 0) is 19.7 Å². The number of cyclic esters (lactones) is 1. The lowest BCUT2D eigenvalue weighted by atomic mass is 9.68. The second-order valence-electron chi connectivity index (χ2n) is 7.46. The average Bonchev–Trinajstić information content (AvgIpc) is 3.15. The van der Waals surface area contributed by atoms with E-state index in [2.05, 4.69) is 0 Å². The van der Waals surface area contributed by atoms with Gasteiger partial charge in [-0.2, -0.15) is 0 Å². The van der Waals surface area contributed by atoms with Gasteiger partial charge in [-0.25, -0.2) is 9.69 Å². The molecule has 2 amide bonds. The van der Waals surface area contributed by atoms with E-state index >= 15 is 0 Å². The van der Waals surface area contributed by atoms with Crippen LogP contribution in [0.25, 0.3) is 0 Å². The van der Waals surface area contributed by atoms with Gasteiger partial charge in [-0.15, -0.1) is 0 Å². The molecule has 0 saturated carbocycles. The second kappa shape index (κ2) is 8.14. The molecule has 0 spiro atoms. The number of rotatable bonds is 4. The van der Waals surface area contributed by atoms with Crippen LogP contribution >= 0.6 is 11.6 Å². The highest BCUT2D eigenvalue weighted by Crippen LogP contribution is 2.40. The highest BCUT2D eigenvalue weighted by molar-refractivity contribution is 6.30. The van der Waals surface area contributed by atoms with Crippen molar-refractivity contribution in [3.05, 3.63) is 70.7 Å². The van der Waals surface area contributed by atoms with Crippen molar-refractivity contribution in [1.29, 1.82) is 0 Å². The van der Waals surface area contributed by atoms with E-state index in [0.717, 1.165) is 11.1 Å². The zero-order valence-corrected chi connectivity index (χ0v) is 16.7. The maximum absolute atomic E-state index is 13.5. The van der Waals surface area contributed by atoms with Crippen LogP contribution in [0.1, 0.15) is 30.0 Å². The minimum absolute atomic E-state index is 0.123. The molecule has 2 atom stereocenters. The van der Waals surface area contributed by atoms with Crippen molar-refractivity contribution in [1.82, 2.24) is 4.90 Å². The number of carbonyl (C=O) groups excluding carboxylic acids is 2. The summed E-state index contributed by atoms with van der Waals surface area (Å²) in [7, 11) is 0. The van der Waals surface area contributed by atoms with Crippen molar-refractivity contribution in [2.45, 2.75) is 30.3 Å². The minimum Gasteiger partial charge on any atom is -0.446 e. The van der Waals surface area contributed by atoms with Crippen molar-refractivity contribution in [3.63, 3.8) is 0 Å². The number of carbonyl (C=O) groups is 2.